The maximum Gasteiger partial charge on any atom is 0.297 e. The lowest BCUT2D eigenvalue weighted by Gasteiger charge is -2.08. The second-order valence-electron chi connectivity index (χ2n) is 3.80. The van der Waals surface area contributed by atoms with Crippen molar-refractivity contribution in [3.05, 3.63) is 51.5 Å². The van der Waals surface area contributed by atoms with Crippen molar-refractivity contribution in [2.45, 2.75) is 0 Å². The predicted octanol–water partition coefficient (Wildman–Crippen LogP) is 4.06. The molecule has 2 aromatic carbocycles. The minimum atomic E-state index is -0.536. The third-order valence-electron chi connectivity index (χ3n) is 2.62. The molecule has 0 aliphatic heterocycles. The van der Waals surface area contributed by atoms with Crippen molar-refractivity contribution >= 4 is 40.4 Å². The summed E-state index contributed by atoms with van der Waals surface area (Å²) in [5, 5.41) is 11.1. The third kappa shape index (κ3) is 2.57. The van der Waals surface area contributed by atoms with Crippen molar-refractivity contribution in [1.29, 1.82) is 0 Å². The van der Waals surface area contributed by atoms with Crippen molar-refractivity contribution < 1.29 is 4.92 Å². The summed E-state index contributed by atoms with van der Waals surface area (Å²) in [6.07, 6.45) is 0. The van der Waals surface area contributed by atoms with Crippen LogP contribution >= 0.6 is 23.4 Å². The number of rotatable bonds is 3. The Morgan fingerprint density at radius 3 is 2.32 bits per heavy atom. The fraction of sp³-hybridized carbons (Fsp3) is 0. The van der Waals surface area contributed by atoms with Crippen LogP contribution in [0.2, 0.25) is 5.02 Å². The van der Waals surface area contributed by atoms with Crippen LogP contribution in [-0.2, 0) is 0 Å². The maximum atomic E-state index is 11.2. The normalized spacial score (nSPS) is 10.2. The quantitative estimate of drug-likeness (QED) is 0.387. The van der Waals surface area contributed by atoms with Gasteiger partial charge in [0.1, 0.15) is 5.02 Å². The molecule has 0 radical (unpaired) electrons. The predicted molar refractivity (Wildman–Crippen MR) is 77.4 cm³/mol. The summed E-state index contributed by atoms with van der Waals surface area (Å²) in [6.45, 7) is 0. The van der Waals surface area contributed by atoms with Gasteiger partial charge in [0.15, 0.2) is 0 Å². The lowest BCUT2D eigenvalue weighted by atomic mass is 10.0. The van der Waals surface area contributed by atoms with Gasteiger partial charge in [-0.25, -0.2) is 0 Å². The first-order chi connectivity index (χ1) is 9.04. The molecule has 0 saturated carbocycles. The summed E-state index contributed by atoms with van der Waals surface area (Å²) in [5.41, 5.74) is 7.32. The number of hydrogen-bond donors (Lipinski definition) is 2. The number of nitrogens with one attached hydrogen (secondary N) is 1. The van der Waals surface area contributed by atoms with Crippen molar-refractivity contribution in [2.75, 3.05) is 10.6 Å². The number of nitrogens with zero attached hydrogens (tertiary/aromatic N) is 1. The molecule has 0 aliphatic carbocycles. The Balaban J connectivity index is 2.66. The SMILES string of the molecule is Nc1ccc(-c2ccc(NCl)c(Cl)c2[N+](=O)[O-])cc1. The molecule has 0 fully saturated rings. The Labute approximate surface area is 119 Å². The van der Waals surface area contributed by atoms with Gasteiger partial charge in [-0.05, 0) is 29.8 Å². The maximum absolute atomic E-state index is 11.2. The third-order valence-corrected chi connectivity index (χ3v) is 3.21. The molecular weight excluding hydrogens is 289 g/mol. The van der Waals surface area contributed by atoms with Crippen molar-refractivity contribution in [3.63, 3.8) is 0 Å². The fourth-order valence-corrected chi connectivity index (χ4v) is 2.20. The van der Waals surface area contributed by atoms with Gasteiger partial charge >= 0.3 is 0 Å². The Kier molecular flexibility index (Phi) is 3.78. The first-order valence-corrected chi connectivity index (χ1v) is 5.99. The molecule has 3 N–H and O–H groups in total. The van der Waals surface area contributed by atoms with Gasteiger partial charge in [0.05, 0.1) is 16.2 Å². The van der Waals surface area contributed by atoms with E-state index in [0.29, 0.717) is 16.8 Å². The smallest absolute Gasteiger partial charge is 0.297 e. The van der Waals surface area contributed by atoms with Crippen LogP contribution in [0.25, 0.3) is 11.1 Å². The van der Waals surface area contributed by atoms with Crippen LogP contribution in [0, 0.1) is 10.1 Å². The van der Waals surface area contributed by atoms with E-state index in [0.717, 1.165) is 0 Å². The van der Waals surface area contributed by atoms with E-state index in [1.807, 2.05) is 0 Å². The van der Waals surface area contributed by atoms with Gasteiger partial charge in [0, 0.05) is 17.5 Å². The highest BCUT2D eigenvalue weighted by Gasteiger charge is 2.22. The average Bonchev–Trinajstić information content (AvgIpc) is 2.38. The first-order valence-electron chi connectivity index (χ1n) is 5.24. The Morgan fingerprint density at radius 2 is 1.79 bits per heavy atom. The zero-order valence-electron chi connectivity index (χ0n) is 9.56. The molecule has 2 aromatic rings. The summed E-state index contributed by atoms with van der Waals surface area (Å²) < 4.78 is 0. The molecule has 0 aromatic heterocycles. The molecule has 7 heteroatoms. The van der Waals surface area contributed by atoms with Crippen molar-refractivity contribution in [2.24, 2.45) is 0 Å². The van der Waals surface area contributed by atoms with E-state index >= 15 is 0 Å². The second kappa shape index (κ2) is 5.34. The number of benzene rings is 2. The van der Waals surface area contributed by atoms with Crippen LogP contribution in [0.4, 0.5) is 17.1 Å². The van der Waals surface area contributed by atoms with E-state index in [1.165, 1.54) is 0 Å². The van der Waals surface area contributed by atoms with Crippen LogP contribution in [0.5, 0.6) is 0 Å². The highest BCUT2D eigenvalue weighted by molar-refractivity contribution is 6.38. The molecule has 2 rings (SSSR count). The molecule has 0 atom stereocenters. The molecule has 0 amide bonds. The van der Waals surface area contributed by atoms with Gasteiger partial charge in [0.2, 0.25) is 0 Å². The number of nitrogen functional groups attached to an aromatic ring is 1. The Hall–Kier alpha value is -1.98. The zero-order valence-corrected chi connectivity index (χ0v) is 11.1. The summed E-state index contributed by atoms with van der Waals surface area (Å²) in [5.74, 6) is 0. The van der Waals surface area contributed by atoms with Crippen LogP contribution in [-0.4, -0.2) is 4.92 Å². The van der Waals surface area contributed by atoms with E-state index < -0.39 is 4.92 Å². The standard InChI is InChI=1S/C12H9Cl2N3O2/c13-11-10(16-14)6-5-9(12(11)17(18)19)7-1-3-8(15)4-2-7/h1-6,16H,15H2. The molecule has 5 nitrogen and oxygen atoms in total. The number of nitrogens with two attached hydrogens (primary N) is 1. The molecule has 0 heterocycles. The largest absolute Gasteiger partial charge is 0.399 e. The van der Waals surface area contributed by atoms with Gasteiger partial charge in [-0.1, -0.05) is 23.7 Å². The minimum absolute atomic E-state index is 0.0330. The molecule has 0 unspecified atom stereocenters. The molecule has 98 valence electrons. The number of nitro groups is 1. The summed E-state index contributed by atoms with van der Waals surface area (Å²) >= 11 is 11.4. The van der Waals surface area contributed by atoms with Gasteiger partial charge < -0.3 is 5.73 Å². The summed E-state index contributed by atoms with van der Waals surface area (Å²) in [4.78, 5) is 12.9. The van der Waals surface area contributed by atoms with Crippen LogP contribution in [0.1, 0.15) is 0 Å². The number of halogens is 2. The highest BCUT2D eigenvalue weighted by Crippen LogP contribution is 2.40. The summed E-state index contributed by atoms with van der Waals surface area (Å²) in [7, 11) is 0. The van der Waals surface area contributed by atoms with Crippen molar-refractivity contribution in [3.8, 4) is 11.1 Å². The van der Waals surface area contributed by atoms with Gasteiger partial charge in [-0.15, -0.1) is 0 Å². The first kappa shape index (κ1) is 13.5. The number of hydrogen-bond acceptors (Lipinski definition) is 4. The zero-order chi connectivity index (χ0) is 14.0. The van der Waals surface area contributed by atoms with Crippen LogP contribution in [0.3, 0.4) is 0 Å². The van der Waals surface area contributed by atoms with Crippen LogP contribution in [0.15, 0.2) is 36.4 Å². The molecule has 0 spiro atoms. The number of nitro benzene ring substituents is 1. The van der Waals surface area contributed by atoms with Crippen LogP contribution < -0.4 is 10.6 Å². The van der Waals surface area contributed by atoms with E-state index in [-0.39, 0.29) is 16.4 Å². The topological polar surface area (TPSA) is 81.2 Å². The van der Waals surface area contributed by atoms with E-state index in [1.54, 1.807) is 36.4 Å². The highest BCUT2D eigenvalue weighted by atomic mass is 35.5. The summed E-state index contributed by atoms with van der Waals surface area (Å²) in [6, 6.07) is 9.89. The molecule has 0 bridgehead atoms. The molecule has 0 aliphatic rings. The van der Waals surface area contributed by atoms with Gasteiger partial charge in [0.25, 0.3) is 5.69 Å². The lowest BCUT2D eigenvalue weighted by Crippen LogP contribution is -1.96. The van der Waals surface area contributed by atoms with E-state index in [4.69, 9.17) is 29.1 Å². The molecule has 0 saturated heterocycles. The van der Waals surface area contributed by atoms with Gasteiger partial charge in [-0.2, -0.15) is 0 Å². The molecular formula is C12H9Cl2N3O2. The number of anilines is 2. The average molecular weight is 298 g/mol. The lowest BCUT2D eigenvalue weighted by molar-refractivity contribution is -0.384. The second-order valence-corrected chi connectivity index (χ2v) is 4.36. The minimum Gasteiger partial charge on any atom is -0.399 e. The van der Waals surface area contributed by atoms with E-state index in [9.17, 15) is 10.1 Å². The van der Waals surface area contributed by atoms with Crippen molar-refractivity contribution in [1.82, 2.24) is 0 Å². The Bertz CT molecular complexity index is 630. The van der Waals surface area contributed by atoms with Gasteiger partial charge in [-0.3, -0.25) is 15.0 Å². The monoisotopic (exact) mass is 297 g/mol. The van der Waals surface area contributed by atoms with E-state index in [2.05, 4.69) is 4.84 Å². The molecule has 19 heavy (non-hydrogen) atoms. The Morgan fingerprint density at radius 1 is 1.16 bits per heavy atom. The fourth-order valence-electron chi connectivity index (χ4n) is 1.71.